The lowest BCUT2D eigenvalue weighted by Crippen LogP contribution is -2.15. The Morgan fingerprint density at radius 1 is 1.62 bits per heavy atom. The van der Waals surface area contributed by atoms with Gasteiger partial charge in [0.2, 0.25) is 0 Å². The lowest BCUT2D eigenvalue weighted by atomic mass is 10.3. The Labute approximate surface area is 44.4 Å². The summed E-state index contributed by atoms with van der Waals surface area (Å²) < 4.78 is 33.8. The molecule has 1 nitrogen and oxygen atoms in total. The summed E-state index contributed by atoms with van der Waals surface area (Å²) in [5.41, 5.74) is -0.988. The smallest absolute Gasteiger partial charge is 0.333 e. The predicted molar refractivity (Wildman–Crippen MR) is 22.0 cm³/mol. The fourth-order valence-corrected chi connectivity index (χ4v) is 0.0656. The van der Waals surface area contributed by atoms with Gasteiger partial charge in [0.15, 0.2) is 0 Å². The molecular formula is C4H5F3O. The molecule has 0 aliphatic rings. The molecule has 0 bridgehead atoms. The number of halogens is 3. The molecule has 1 N–H and O–H groups in total. The highest BCUT2D eigenvalue weighted by Gasteiger charge is 2.26. The summed E-state index contributed by atoms with van der Waals surface area (Å²) in [5.74, 6) is 0. The third kappa shape index (κ3) is 1.97. The van der Waals surface area contributed by atoms with E-state index in [0.29, 0.717) is 0 Å². The minimum absolute atomic E-state index is 0.333. The van der Waals surface area contributed by atoms with Crippen molar-refractivity contribution in [2.45, 2.75) is 13.0 Å². The summed E-state index contributed by atoms with van der Waals surface area (Å²) in [6.45, 7) is 0.792. The second-order valence-electron chi connectivity index (χ2n) is 1.33. The van der Waals surface area contributed by atoms with E-state index in [1.807, 2.05) is 0 Å². The van der Waals surface area contributed by atoms with Crippen molar-refractivity contribution in [3.05, 3.63) is 11.9 Å². The van der Waals surface area contributed by atoms with E-state index in [4.69, 9.17) is 5.11 Å². The zero-order valence-electron chi connectivity index (χ0n) is 4.16. The summed E-state index contributed by atoms with van der Waals surface area (Å²) in [6.07, 6.45) is -4.34. The van der Waals surface area contributed by atoms with Crippen molar-refractivity contribution < 1.29 is 18.3 Å². The first-order valence-corrected chi connectivity index (χ1v) is 1.86. The van der Waals surface area contributed by atoms with Crippen molar-refractivity contribution in [2.24, 2.45) is 0 Å². The fraction of sp³-hybridized carbons (Fsp3) is 0.500. The zero-order chi connectivity index (χ0) is 6.78. The van der Waals surface area contributed by atoms with E-state index in [9.17, 15) is 13.2 Å². The zero-order valence-corrected chi connectivity index (χ0v) is 4.16. The maximum absolute atomic E-state index is 11.4. The summed E-state index contributed by atoms with van der Waals surface area (Å²) >= 11 is 0. The minimum Gasteiger partial charge on any atom is -0.333 e. The third-order valence-corrected chi connectivity index (χ3v) is 0.638. The molecule has 0 aliphatic carbocycles. The SMILES string of the molecule is C/C(=C\F)C(O)(F)F. The first kappa shape index (κ1) is 7.49. The maximum Gasteiger partial charge on any atom is 0.379 e. The molecule has 0 unspecified atom stereocenters. The van der Waals surface area contributed by atoms with E-state index in [0.717, 1.165) is 6.92 Å². The van der Waals surface area contributed by atoms with Crippen LogP contribution in [0.25, 0.3) is 0 Å². The molecule has 0 amide bonds. The van der Waals surface area contributed by atoms with Crippen molar-refractivity contribution in [3.8, 4) is 0 Å². The molecule has 0 fully saturated rings. The van der Waals surface area contributed by atoms with Gasteiger partial charge in [-0.15, -0.1) is 0 Å². The number of rotatable bonds is 1. The summed E-state index contributed by atoms with van der Waals surface area (Å²) in [6, 6.07) is 0. The van der Waals surface area contributed by atoms with E-state index in [1.165, 1.54) is 0 Å². The number of hydrogen-bond donors (Lipinski definition) is 1. The predicted octanol–water partition coefficient (Wildman–Crippen LogP) is 1.44. The molecule has 0 saturated carbocycles. The first-order chi connectivity index (χ1) is 3.48. The molecule has 0 aromatic heterocycles. The van der Waals surface area contributed by atoms with Crippen LogP contribution in [0, 0.1) is 0 Å². The van der Waals surface area contributed by atoms with E-state index < -0.39 is 11.7 Å². The van der Waals surface area contributed by atoms with Crippen LogP contribution in [0.2, 0.25) is 0 Å². The molecule has 0 rings (SSSR count). The Bertz CT molecular complexity index is 102. The molecule has 0 heterocycles. The summed E-state index contributed by atoms with van der Waals surface area (Å²) in [4.78, 5) is 0. The molecule has 0 atom stereocenters. The number of alkyl halides is 2. The van der Waals surface area contributed by atoms with Crippen LogP contribution in [0.3, 0.4) is 0 Å². The maximum atomic E-state index is 11.4. The summed E-state index contributed by atoms with van der Waals surface area (Å²) in [5, 5.41) is 7.64. The van der Waals surface area contributed by atoms with Gasteiger partial charge in [-0.3, -0.25) is 0 Å². The fourth-order valence-electron chi connectivity index (χ4n) is 0.0656. The van der Waals surface area contributed by atoms with Crippen molar-refractivity contribution in [3.63, 3.8) is 0 Å². The van der Waals surface area contributed by atoms with Gasteiger partial charge in [-0.2, -0.15) is 8.78 Å². The van der Waals surface area contributed by atoms with Gasteiger partial charge in [0, 0.05) is 0 Å². The van der Waals surface area contributed by atoms with Crippen LogP contribution >= 0.6 is 0 Å². The van der Waals surface area contributed by atoms with Crippen molar-refractivity contribution in [2.75, 3.05) is 0 Å². The third-order valence-electron chi connectivity index (χ3n) is 0.638. The van der Waals surface area contributed by atoms with Crippen LogP contribution in [-0.4, -0.2) is 11.2 Å². The van der Waals surface area contributed by atoms with Gasteiger partial charge in [0.25, 0.3) is 0 Å². The van der Waals surface area contributed by atoms with E-state index in [1.54, 1.807) is 0 Å². The van der Waals surface area contributed by atoms with E-state index >= 15 is 0 Å². The van der Waals surface area contributed by atoms with Crippen LogP contribution in [0.15, 0.2) is 11.9 Å². The highest BCUT2D eigenvalue weighted by Crippen LogP contribution is 2.18. The molecule has 0 spiro atoms. The van der Waals surface area contributed by atoms with Crippen LogP contribution in [0.5, 0.6) is 0 Å². The molecule has 0 aromatic rings. The molecule has 0 aromatic carbocycles. The van der Waals surface area contributed by atoms with Crippen LogP contribution in [0.4, 0.5) is 13.2 Å². The highest BCUT2D eigenvalue weighted by atomic mass is 19.3. The number of hydrogen-bond acceptors (Lipinski definition) is 1. The Morgan fingerprint density at radius 2 is 2.00 bits per heavy atom. The van der Waals surface area contributed by atoms with Crippen LogP contribution in [-0.2, 0) is 0 Å². The van der Waals surface area contributed by atoms with Gasteiger partial charge < -0.3 is 5.11 Å². The van der Waals surface area contributed by atoms with E-state index in [-0.39, 0.29) is 6.33 Å². The topological polar surface area (TPSA) is 20.2 Å². The van der Waals surface area contributed by atoms with Crippen molar-refractivity contribution in [1.29, 1.82) is 0 Å². The Morgan fingerprint density at radius 3 is 2.00 bits per heavy atom. The van der Waals surface area contributed by atoms with Gasteiger partial charge in [-0.25, -0.2) is 4.39 Å². The Hall–Kier alpha value is -0.510. The molecule has 48 valence electrons. The van der Waals surface area contributed by atoms with Crippen molar-refractivity contribution in [1.82, 2.24) is 0 Å². The lowest BCUT2D eigenvalue weighted by Gasteiger charge is -2.05. The van der Waals surface area contributed by atoms with Crippen LogP contribution in [0.1, 0.15) is 6.92 Å². The van der Waals surface area contributed by atoms with Gasteiger partial charge in [0.1, 0.15) is 0 Å². The lowest BCUT2D eigenvalue weighted by molar-refractivity contribution is -0.165. The molecule has 0 radical (unpaired) electrons. The number of aliphatic hydroxyl groups is 1. The van der Waals surface area contributed by atoms with Gasteiger partial charge in [-0.05, 0) is 6.92 Å². The largest absolute Gasteiger partial charge is 0.379 e. The van der Waals surface area contributed by atoms with Crippen molar-refractivity contribution >= 4 is 0 Å². The molecule has 8 heavy (non-hydrogen) atoms. The molecule has 4 heteroatoms. The Kier molecular flexibility index (Phi) is 2.03. The molecule has 0 saturated heterocycles. The second-order valence-corrected chi connectivity index (χ2v) is 1.33. The standard InChI is InChI=1S/C4H5F3O/c1-3(2-5)4(6,7)8/h2,8H,1H3/b3-2+. The monoisotopic (exact) mass is 126 g/mol. The average molecular weight is 126 g/mol. The van der Waals surface area contributed by atoms with Gasteiger partial charge in [-0.1, -0.05) is 0 Å². The molecule has 0 aliphatic heterocycles. The first-order valence-electron chi connectivity index (χ1n) is 1.86. The average Bonchev–Trinajstić information content (AvgIpc) is 1.62. The van der Waals surface area contributed by atoms with E-state index in [2.05, 4.69) is 0 Å². The second kappa shape index (κ2) is 2.17. The Balaban J connectivity index is 4.03. The van der Waals surface area contributed by atoms with Crippen LogP contribution < -0.4 is 0 Å². The highest BCUT2D eigenvalue weighted by molar-refractivity contribution is 4.99. The van der Waals surface area contributed by atoms with Gasteiger partial charge in [0.05, 0.1) is 11.9 Å². The molecular weight excluding hydrogens is 121 g/mol. The minimum atomic E-state index is -4.01. The van der Waals surface area contributed by atoms with Gasteiger partial charge >= 0.3 is 6.11 Å². The quantitative estimate of drug-likeness (QED) is 0.563. The summed E-state index contributed by atoms with van der Waals surface area (Å²) in [7, 11) is 0. The normalized spacial score (nSPS) is 14.4.